The molecule has 0 aliphatic heterocycles. The van der Waals surface area contributed by atoms with Gasteiger partial charge >= 0.3 is 0 Å². The first-order valence-corrected chi connectivity index (χ1v) is 10.2. The van der Waals surface area contributed by atoms with Gasteiger partial charge in [-0.1, -0.05) is 18.7 Å². The summed E-state index contributed by atoms with van der Waals surface area (Å²) in [6, 6.07) is 11.3. The van der Waals surface area contributed by atoms with Crippen LogP contribution >= 0.6 is 0 Å². The highest BCUT2D eigenvalue weighted by Gasteiger charge is 2.23. The van der Waals surface area contributed by atoms with E-state index < -0.39 is 12.5 Å². The Morgan fingerprint density at radius 3 is 2.60 bits per heavy atom. The predicted octanol–water partition coefficient (Wildman–Crippen LogP) is 5.26. The number of carbonyl (C=O) groups is 1. The van der Waals surface area contributed by atoms with Gasteiger partial charge < -0.3 is 15.4 Å². The summed E-state index contributed by atoms with van der Waals surface area (Å²) in [6.45, 7) is 6.20. The topological polar surface area (TPSA) is 50.4 Å². The highest BCUT2D eigenvalue weighted by molar-refractivity contribution is 6.05. The molecule has 160 valence electrons. The number of rotatable bonds is 8. The maximum absolute atomic E-state index is 13.0. The van der Waals surface area contributed by atoms with Crippen LogP contribution in [0, 0.1) is 6.92 Å². The van der Waals surface area contributed by atoms with E-state index >= 15 is 0 Å². The van der Waals surface area contributed by atoms with Gasteiger partial charge in [0.2, 0.25) is 0 Å². The summed E-state index contributed by atoms with van der Waals surface area (Å²) in [4.78, 5) is 12.9. The number of alkyl halides is 2. The first-order chi connectivity index (χ1) is 14.2. The van der Waals surface area contributed by atoms with Gasteiger partial charge in [0.1, 0.15) is 12.4 Å². The van der Waals surface area contributed by atoms with E-state index in [1.807, 2.05) is 31.2 Å². The van der Waals surface area contributed by atoms with Gasteiger partial charge in [0.15, 0.2) is 0 Å². The molecule has 0 saturated carbocycles. The molecule has 0 fully saturated rings. The van der Waals surface area contributed by atoms with Crippen LogP contribution in [0.15, 0.2) is 48.7 Å². The van der Waals surface area contributed by atoms with E-state index in [1.54, 1.807) is 12.1 Å². The number of amides is 1. The van der Waals surface area contributed by atoms with Crippen LogP contribution in [-0.4, -0.2) is 25.0 Å². The van der Waals surface area contributed by atoms with Crippen LogP contribution in [0.4, 0.5) is 14.5 Å². The van der Waals surface area contributed by atoms with Gasteiger partial charge in [-0.05, 0) is 73.6 Å². The lowest BCUT2D eigenvalue weighted by Crippen LogP contribution is -2.30. The molecule has 4 nitrogen and oxygen atoms in total. The molecule has 3 rings (SSSR count). The Labute approximate surface area is 176 Å². The van der Waals surface area contributed by atoms with Crippen molar-refractivity contribution >= 4 is 11.6 Å². The van der Waals surface area contributed by atoms with Crippen molar-refractivity contribution in [1.82, 2.24) is 5.32 Å². The average Bonchev–Trinajstić information content (AvgIpc) is 2.69. The third kappa shape index (κ3) is 5.81. The molecule has 1 amide bonds. The summed E-state index contributed by atoms with van der Waals surface area (Å²) in [6.07, 6.45) is 3.67. The van der Waals surface area contributed by atoms with Crippen molar-refractivity contribution in [3.63, 3.8) is 0 Å². The molecule has 0 saturated heterocycles. The Morgan fingerprint density at radius 1 is 1.17 bits per heavy atom. The fourth-order valence-corrected chi connectivity index (χ4v) is 3.60. The first-order valence-electron chi connectivity index (χ1n) is 10.2. The number of nitrogens with one attached hydrogen (secondary N) is 2. The lowest BCUT2D eigenvalue weighted by molar-refractivity contribution is 0.0246. The molecule has 0 unspecified atom stereocenters. The van der Waals surface area contributed by atoms with Gasteiger partial charge in [-0.25, -0.2) is 8.78 Å². The van der Waals surface area contributed by atoms with Gasteiger partial charge in [-0.3, -0.25) is 4.79 Å². The fourth-order valence-electron chi connectivity index (χ4n) is 3.60. The third-order valence-corrected chi connectivity index (χ3v) is 5.06. The molecule has 0 spiro atoms. The molecule has 1 aliphatic carbocycles. The van der Waals surface area contributed by atoms with E-state index in [4.69, 9.17) is 4.74 Å². The number of hydrogen-bond acceptors (Lipinski definition) is 3. The van der Waals surface area contributed by atoms with Crippen LogP contribution in [0.25, 0.3) is 0 Å². The van der Waals surface area contributed by atoms with Crippen LogP contribution in [0.3, 0.4) is 0 Å². The molecule has 6 heteroatoms. The second-order valence-corrected chi connectivity index (χ2v) is 7.92. The quantitative estimate of drug-likeness (QED) is 0.619. The molecule has 0 aromatic heterocycles. The molecule has 2 aromatic rings. The number of anilines is 1. The second kappa shape index (κ2) is 9.28. The first kappa shape index (κ1) is 21.8. The average molecular weight is 414 g/mol. The zero-order valence-electron chi connectivity index (χ0n) is 17.5. The zero-order chi connectivity index (χ0) is 21.7. The Bertz CT molecular complexity index is 935. The van der Waals surface area contributed by atoms with Gasteiger partial charge in [-0.15, -0.1) is 0 Å². The summed E-state index contributed by atoms with van der Waals surface area (Å²) in [5.41, 5.74) is 4.91. The Morgan fingerprint density at radius 2 is 1.90 bits per heavy atom. The minimum absolute atomic E-state index is 0.0946. The number of ether oxygens (including phenoxy) is 1. The molecule has 30 heavy (non-hydrogen) atoms. The van der Waals surface area contributed by atoms with Crippen molar-refractivity contribution < 1.29 is 18.3 Å². The Hall–Kier alpha value is -2.89. The van der Waals surface area contributed by atoms with E-state index in [1.165, 1.54) is 0 Å². The van der Waals surface area contributed by atoms with Crippen molar-refractivity contribution in [3.8, 4) is 5.75 Å². The third-order valence-electron chi connectivity index (χ3n) is 5.06. The van der Waals surface area contributed by atoms with Crippen molar-refractivity contribution in [2.75, 3.05) is 18.5 Å². The fraction of sp³-hybridized carbons (Fsp3) is 0.375. The molecule has 0 atom stereocenters. The standard InChI is InChI=1S/C24H28F2N2O2/c1-16-7-6-8-18(13-16)28-23(29)21-11-12-22(20-10-5-4-9-19(20)21)30-14-17(2)27-15-24(3,25)26/h6-8,11-13,27H,2,4-5,9-10,14-15H2,1,3H3,(H,28,29). The minimum Gasteiger partial charge on any atom is -0.487 e. The molecule has 1 aliphatic rings. The monoisotopic (exact) mass is 414 g/mol. The van der Waals surface area contributed by atoms with Crippen LogP contribution in [0.2, 0.25) is 0 Å². The van der Waals surface area contributed by atoms with Crippen LogP contribution in [0.5, 0.6) is 5.75 Å². The predicted molar refractivity (Wildman–Crippen MR) is 115 cm³/mol. The molecule has 0 heterocycles. The number of hydrogen-bond donors (Lipinski definition) is 2. The largest absolute Gasteiger partial charge is 0.487 e. The molecule has 0 radical (unpaired) electrons. The minimum atomic E-state index is -2.81. The molecular weight excluding hydrogens is 386 g/mol. The molecule has 2 N–H and O–H groups in total. The van der Waals surface area contributed by atoms with Crippen LogP contribution in [0.1, 0.15) is 46.8 Å². The van der Waals surface area contributed by atoms with Gasteiger partial charge in [0.25, 0.3) is 11.8 Å². The van der Waals surface area contributed by atoms with Crippen LogP contribution in [-0.2, 0) is 12.8 Å². The van der Waals surface area contributed by atoms with E-state index in [2.05, 4.69) is 17.2 Å². The number of fused-ring (bicyclic) bond motifs is 1. The normalized spacial score (nSPS) is 13.3. The maximum Gasteiger partial charge on any atom is 0.262 e. The second-order valence-electron chi connectivity index (χ2n) is 7.92. The van der Waals surface area contributed by atoms with E-state index in [0.29, 0.717) is 17.0 Å². The van der Waals surface area contributed by atoms with Crippen molar-refractivity contribution in [1.29, 1.82) is 0 Å². The summed E-state index contributed by atoms with van der Waals surface area (Å²) in [5, 5.41) is 5.58. The maximum atomic E-state index is 13.0. The molecule has 2 aromatic carbocycles. The summed E-state index contributed by atoms with van der Waals surface area (Å²) >= 11 is 0. The smallest absolute Gasteiger partial charge is 0.262 e. The highest BCUT2D eigenvalue weighted by Crippen LogP contribution is 2.33. The lowest BCUT2D eigenvalue weighted by Gasteiger charge is -2.23. The van der Waals surface area contributed by atoms with Gasteiger partial charge in [-0.2, -0.15) is 0 Å². The Kier molecular flexibility index (Phi) is 6.75. The Balaban J connectivity index is 1.73. The van der Waals surface area contributed by atoms with E-state index in [-0.39, 0.29) is 12.5 Å². The summed E-state index contributed by atoms with van der Waals surface area (Å²) < 4.78 is 31.8. The summed E-state index contributed by atoms with van der Waals surface area (Å²) in [7, 11) is 0. The van der Waals surface area contributed by atoms with Crippen molar-refractivity contribution in [2.24, 2.45) is 0 Å². The van der Waals surface area contributed by atoms with Gasteiger partial charge in [0.05, 0.1) is 6.54 Å². The summed E-state index contributed by atoms with van der Waals surface area (Å²) in [5.74, 6) is -2.27. The van der Waals surface area contributed by atoms with Crippen LogP contribution < -0.4 is 15.4 Å². The number of aryl methyl sites for hydroxylation is 1. The number of carbonyl (C=O) groups excluding carboxylic acids is 1. The number of halogens is 2. The molecule has 0 bridgehead atoms. The number of benzene rings is 2. The lowest BCUT2D eigenvalue weighted by atomic mass is 9.87. The molecular formula is C24H28F2N2O2. The SMILES string of the molecule is C=C(COc1ccc(C(=O)Nc2cccc(C)c2)c2c1CCCC2)NCC(C)(F)F. The van der Waals surface area contributed by atoms with E-state index in [0.717, 1.165) is 55.0 Å². The zero-order valence-corrected chi connectivity index (χ0v) is 17.5. The van der Waals surface area contributed by atoms with Crippen molar-refractivity contribution in [3.05, 3.63) is 70.9 Å². The van der Waals surface area contributed by atoms with E-state index in [9.17, 15) is 13.6 Å². The highest BCUT2D eigenvalue weighted by atomic mass is 19.3. The van der Waals surface area contributed by atoms with Gasteiger partial charge in [0, 0.05) is 23.9 Å². The van der Waals surface area contributed by atoms with Crippen molar-refractivity contribution in [2.45, 2.75) is 45.5 Å².